The molecule has 0 bridgehead atoms. The van der Waals surface area contributed by atoms with Crippen molar-refractivity contribution in [2.45, 2.75) is 40.2 Å². The van der Waals surface area contributed by atoms with Gasteiger partial charge in [0.2, 0.25) is 0 Å². The molecule has 0 aliphatic heterocycles. The first-order valence-electron chi connectivity index (χ1n) is 4.07. The zero-order chi connectivity index (χ0) is 8.41. The lowest BCUT2D eigenvalue weighted by molar-refractivity contribution is 0.0181. The highest BCUT2D eigenvalue weighted by atomic mass is 16.5. The summed E-state index contributed by atoms with van der Waals surface area (Å²) in [7, 11) is 0. The highest BCUT2D eigenvalue weighted by Gasteiger charge is 2.00. The van der Waals surface area contributed by atoms with Gasteiger partial charge in [-0.2, -0.15) is 0 Å². The van der Waals surface area contributed by atoms with Crippen LogP contribution in [0.1, 0.15) is 34.1 Å². The minimum atomic E-state index is 0. The molecule has 0 aromatic carbocycles. The molecule has 0 rings (SSSR count). The Balaban J connectivity index is -0.000000196. The van der Waals surface area contributed by atoms with Crippen molar-refractivity contribution in [3.63, 3.8) is 0 Å². The second-order valence-electron chi connectivity index (χ2n) is 1.67. The summed E-state index contributed by atoms with van der Waals surface area (Å²) in [6.45, 7) is 8.76. The lowest BCUT2D eigenvalue weighted by Crippen LogP contribution is -2.15. The van der Waals surface area contributed by atoms with Crippen molar-refractivity contribution in [2.75, 3.05) is 13.2 Å². The molecule has 0 saturated heterocycles. The van der Waals surface area contributed by atoms with Gasteiger partial charge >= 0.3 is 0 Å². The van der Waals surface area contributed by atoms with Gasteiger partial charge < -0.3 is 15.3 Å². The zero-order valence-electron chi connectivity index (χ0n) is 8.05. The first kappa shape index (κ1) is 17.1. The second-order valence-corrected chi connectivity index (χ2v) is 1.67. The number of rotatable bonds is 4. The maximum absolute atomic E-state index is 8.53. The quantitative estimate of drug-likeness (QED) is 0.677. The molecule has 1 atom stereocenters. The minimum Gasteiger partial charge on any atom is -0.412 e. The molecule has 3 nitrogen and oxygen atoms in total. The van der Waals surface area contributed by atoms with Crippen LogP contribution in [0.4, 0.5) is 0 Å². The average molecular weight is 166 g/mol. The van der Waals surface area contributed by atoms with Crippen molar-refractivity contribution >= 4 is 0 Å². The Hall–Kier alpha value is -0.120. The standard InChI is InChI=1S/C6H14O2.C2H6.H2O/c1-3-6(5-7)8-4-2;1-2;/h6-7H,3-5H2,1-2H3;1-2H3;1H2/t6-;;/m0../s1. The van der Waals surface area contributed by atoms with Crippen LogP contribution in [0.2, 0.25) is 0 Å². The van der Waals surface area contributed by atoms with E-state index in [0.29, 0.717) is 6.61 Å². The molecule has 0 aromatic rings. The number of aliphatic hydroxyl groups is 1. The summed E-state index contributed by atoms with van der Waals surface area (Å²) in [4.78, 5) is 0. The fourth-order valence-electron chi connectivity index (χ4n) is 0.535. The van der Waals surface area contributed by atoms with Crippen molar-refractivity contribution < 1.29 is 15.3 Å². The predicted octanol–water partition coefficient (Wildman–Crippen LogP) is 0.995. The van der Waals surface area contributed by atoms with Gasteiger partial charge in [-0.3, -0.25) is 0 Å². The molecule has 11 heavy (non-hydrogen) atoms. The number of hydrogen-bond donors (Lipinski definition) is 1. The van der Waals surface area contributed by atoms with E-state index in [2.05, 4.69) is 0 Å². The van der Waals surface area contributed by atoms with E-state index in [1.54, 1.807) is 0 Å². The van der Waals surface area contributed by atoms with E-state index < -0.39 is 0 Å². The average Bonchev–Trinajstić information content (AvgIpc) is 2.04. The normalized spacial score (nSPS) is 10.6. The SMILES string of the molecule is CC.CCO[C@@H](CC)CO.O. The van der Waals surface area contributed by atoms with E-state index in [9.17, 15) is 0 Å². The maximum Gasteiger partial charge on any atom is 0.0803 e. The predicted molar refractivity (Wildman–Crippen MR) is 47.8 cm³/mol. The van der Waals surface area contributed by atoms with Crippen LogP contribution in [0.15, 0.2) is 0 Å². The van der Waals surface area contributed by atoms with E-state index in [0.717, 1.165) is 6.42 Å². The second kappa shape index (κ2) is 16.5. The van der Waals surface area contributed by atoms with Gasteiger partial charge in [0, 0.05) is 6.61 Å². The fraction of sp³-hybridized carbons (Fsp3) is 1.00. The van der Waals surface area contributed by atoms with Crippen LogP contribution in [-0.2, 0) is 4.74 Å². The topological polar surface area (TPSA) is 61.0 Å². The summed E-state index contributed by atoms with van der Waals surface area (Å²) in [6.07, 6.45) is 0.949. The molecule has 0 aromatic heterocycles. The number of aliphatic hydroxyl groups excluding tert-OH is 1. The summed E-state index contributed by atoms with van der Waals surface area (Å²) in [5.41, 5.74) is 0. The van der Waals surface area contributed by atoms with Crippen molar-refractivity contribution in [1.29, 1.82) is 0 Å². The van der Waals surface area contributed by atoms with Crippen LogP contribution in [0, 0.1) is 0 Å². The van der Waals surface area contributed by atoms with Gasteiger partial charge in [0.1, 0.15) is 0 Å². The summed E-state index contributed by atoms with van der Waals surface area (Å²) < 4.78 is 5.09. The molecule has 0 unspecified atom stereocenters. The van der Waals surface area contributed by atoms with E-state index in [1.807, 2.05) is 27.7 Å². The Bertz CT molecular complexity index is 44.6. The summed E-state index contributed by atoms with van der Waals surface area (Å²) >= 11 is 0. The number of hydrogen-bond acceptors (Lipinski definition) is 2. The van der Waals surface area contributed by atoms with Crippen molar-refractivity contribution in [3.05, 3.63) is 0 Å². The summed E-state index contributed by atoms with van der Waals surface area (Å²) in [5.74, 6) is 0. The van der Waals surface area contributed by atoms with Crippen LogP contribution >= 0.6 is 0 Å². The van der Waals surface area contributed by atoms with Crippen LogP contribution < -0.4 is 0 Å². The van der Waals surface area contributed by atoms with Gasteiger partial charge in [0.05, 0.1) is 12.7 Å². The van der Waals surface area contributed by atoms with E-state index in [-0.39, 0.29) is 18.2 Å². The van der Waals surface area contributed by atoms with Crippen molar-refractivity contribution in [1.82, 2.24) is 0 Å². The molecule has 0 spiro atoms. The van der Waals surface area contributed by atoms with E-state index in [4.69, 9.17) is 9.84 Å². The molecule has 0 saturated carbocycles. The minimum absolute atomic E-state index is 0. The molecule has 0 aliphatic rings. The smallest absolute Gasteiger partial charge is 0.0803 e. The zero-order valence-corrected chi connectivity index (χ0v) is 8.05. The van der Waals surface area contributed by atoms with Gasteiger partial charge in [0.15, 0.2) is 0 Å². The van der Waals surface area contributed by atoms with Crippen molar-refractivity contribution in [2.24, 2.45) is 0 Å². The summed E-state index contributed by atoms with van der Waals surface area (Å²) in [5, 5.41) is 8.53. The highest BCUT2D eigenvalue weighted by Crippen LogP contribution is 1.94. The lowest BCUT2D eigenvalue weighted by atomic mass is 10.3. The Morgan fingerprint density at radius 2 is 1.73 bits per heavy atom. The lowest BCUT2D eigenvalue weighted by Gasteiger charge is -2.09. The Kier molecular flexibility index (Phi) is 25.6. The highest BCUT2D eigenvalue weighted by molar-refractivity contribution is 4.49. The first-order valence-corrected chi connectivity index (χ1v) is 4.07. The Labute approximate surface area is 69.7 Å². The largest absolute Gasteiger partial charge is 0.412 e. The molecule has 0 fully saturated rings. The van der Waals surface area contributed by atoms with Gasteiger partial charge in [-0.15, -0.1) is 0 Å². The van der Waals surface area contributed by atoms with Gasteiger partial charge in [-0.25, -0.2) is 0 Å². The molecule has 0 amide bonds. The van der Waals surface area contributed by atoms with Gasteiger partial charge in [-0.1, -0.05) is 20.8 Å². The summed E-state index contributed by atoms with van der Waals surface area (Å²) in [6, 6.07) is 0. The van der Waals surface area contributed by atoms with E-state index >= 15 is 0 Å². The Morgan fingerprint density at radius 1 is 1.27 bits per heavy atom. The molecular formula is C8H22O3. The molecule has 0 aliphatic carbocycles. The maximum atomic E-state index is 8.53. The molecule has 3 N–H and O–H groups in total. The third kappa shape index (κ3) is 13.0. The molecule has 72 valence electrons. The molecular weight excluding hydrogens is 144 g/mol. The Morgan fingerprint density at radius 3 is 1.82 bits per heavy atom. The molecule has 0 radical (unpaired) electrons. The third-order valence-electron chi connectivity index (χ3n) is 1.06. The first-order chi connectivity index (χ1) is 4.85. The molecule has 0 heterocycles. The monoisotopic (exact) mass is 166 g/mol. The third-order valence-corrected chi connectivity index (χ3v) is 1.06. The van der Waals surface area contributed by atoms with Gasteiger partial charge in [-0.05, 0) is 13.3 Å². The van der Waals surface area contributed by atoms with Crippen LogP contribution in [0.25, 0.3) is 0 Å². The molecule has 3 heteroatoms. The van der Waals surface area contributed by atoms with E-state index in [1.165, 1.54) is 0 Å². The van der Waals surface area contributed by atoms with Crippen LogP contribution in [-0.4, -0.2) is 29.9 Å². The van der Waals surface area contributed by atoms with Crippen LogP contribution in [0.3, 0.4) is 0 Å². The van der Waals surface area contributed by atoms with Crippen molar-refractivity contribution in [3.8, 4) is 0 Å². The fourth-order valence-corrected chi connectivity index (χ4v) is 0.535. The van der Waals surface area contributed by atoms with Gasteiger partial charge in [0.25, 0.3) is 0 Å². The number of ether oxygens (including phenoxy) is 1. The van der Waals surface area contributed by atoms with Crippen LogP contribution in [0.5, 0.6) is 0 Å².